The van der Waals surface area contributed by atoms with Gasteiger partial charge in [-0.2, -0.15) is 0 Å². The molecule has 0 spiro atoms. The van der Waals surface area contributed by atoms with Crippen LogP contribution in [0.15, 0.2) is 18.5 Å². The number of amides is 1. The Morgan fingerprint density at radius 3 is 2.54 bits per heavy atom. The monoisotopic (exact) mass is 330 g/mol. The molecule has 6 nitrogen and oxygen atoms in total. The van der Waals surface area contributed by atoms with Crippen molar-refractivity contribution in [2.75, 3.05) is 18.4 Å². The highest BCUT2D eigenvalue weighted by Crippen LogP contribution is 2.62. The summed E-state index contributed by atoms with van der Waals surface area (Å²) in [6.07, 6.45) is 10.1. The fourth-order valence-corrected chi connectivity index (χ4v) is 5.78. The van der Waals surface area contributed by atoms with Gasteiger partial charge in [0.15, 0.2) is 0 Å². The first-order chi connectivity index (χ1) is 11.5. The summed E-state index contributed by atoms with van der Waals surface area (Å²) in [6.45, 7) is 1.17. The van der Waals surface area contributed by atoms with Gasteiger partial charge in [-0.1, -0.05) is 0 Å². The van der Waals surface area contributed by atoms with E-state index in [0.717, 1.165) is 32.1 Å². The fourth-order valence-electron chi connectivity index (χ4n) is 5.78. The molecule has 0 radical (unpaired) electrons. The Morgan fingerprint density at radius 1 is 1.17 bits per heavy atom. The number of rotatable bonds is 6. The summed E-state index contributed by atoms with van der Waals surface area (Å²) in [5.74, 6) is 1.94. The average Bonchev–Trinajstić information content (AvgIpc) is 2.49. The molecule has 4 saturated carbocycles. The van der Waals surface area contributed by atoms with Crippen LogP contribution in [0.1, 0.15) is 44.9 Å². The molecule has 0 aliphatic heterocycles. The maximum atomic E-state index is 12.4. The van der Waals surface area contributed by atoms with E-state index in [4.69, 9.17) is 0 Å². The minimum absolute atomic E-state index is 0.0406. The first-order valence-corrected chi connectivity index (χ1v) is 9.04. The predicted molar refractivity (Wildman–Crippen MR) is 90.2 cm³/mol. The van der Waals surface area contributed by atoms with Crippen LogP contribution in [0.2, 0.25) is 0 Å². The van der Waals surface area contributed by atoms with Gasteiger partial charge in [0.1, 0.15) is 0 Å². The van der Waals surface area contributed by atoms with Crippen LogP contribution in [0.4, 0.5) is 5.95 Å². The third-order valence-corrected chi connectivity index (χ3v) is 5.98. The maximum Gasteiger partial charge on any atom is 0.222 e. The molecule has 2 atom stereocenters. The SMILES string of the molecule is O=C(CC12C[C@H]3C[C@@H](CC(O)(C3)C1)C2)NCCNc1ncccn1. The van der Waals surface area contributed by atoms with Crippen molar-refractivity contribution in [2.24, 2.45) is 17.3 Å². The van der Waals surface area contributed by atoms with E-state index in [-0.39, 0.29) is 11.3 Å². The Kier molecular flexibility index (Phi) is 3.95. The fraction of sp³-hybridized carbons (Fsp3) is 0.722. The number of carbonyl (C=O) groups excluding carboxylic acids is 1. The van der Waals surface area contributed by atoms with Crippen molar-refractivity contribution in [3.63, 3.8) is 0 Å². The molecule has 3 N–H and O–H groups in total. The summed E-state index contributed by atoms with van der Waals surface area (Å²) in [4.78, 5) is 20.6. The number of nitrogens with one attached hydrogen (secondary N) is 2. The summed E-state index contributed by atoms with van der Waals surface area (Å²) >= 11 is 0. The van der Waals surface area contributed by atoms with Crippen LogP contribution in [-0.4, -0.2) is 39.7 Å². The van der Waals surface area contributed by atoms with Crippen LogP contribution in [0, 0.1) is 17.3 Å². The smallest absolute Gasteiger partial charge is 0.222 e. The predicted octanol–water partition coefficient (Wildman–Crippen LogP) is 1.73. The lowest BCUT2D eigenvalue weighted by Crippen LogP contribution is -2.56. The molecule has 4 aliphatic rings. The van der Waals surface area contributed by atoms with E-state index < -0.39 is 5.60 Å². The summed E-state index contributed by atoms with van der Waals surface area (Å²) in [7, 11) is 0. The van der Waals surface area contributed by atoms with Crippen LogP contribution in [0.5, 0.6) is 0 Å². The van der Waals surface area contributed by atoms with Crippen molar-refractivity contribution >= 4 is 11.9 Å². The van der Waals surface area contributed by atoms with Gasteiger partial charge in [-0.3, -0.25) is 4.79 Å². The standard InChI is InChI=1S/C18H26N4O2/c23-15(19-4-5-22-16-20-2-1-3-21-16)11-17-7-13-6-14(8-17)10-18(24,9-13)12-17/h1-3,13-14,24H,4-12H2,(H,19,23)(H,20,21,22)/t13-,14-,17?,18?/m1/s1. The minimum atomic E-state index is -0.490. The number of hydrogen-bond donors (Lipinski definition) is 3. The molecule has 4 fully saturated rings. The third kappa shape index (κ3) is 3.24. The Hall–Kier alpha value is -1.69. The van der Waals surface area contributed by atoms with Gasteiger partial charge < -0.3 is 15.7 Å². The number of aliphatic hydroxyl groups is 1. The van der Waals surface area contributed by atoms with Crippen molar-refractivity contribution < 1.29 is 9.90 Å². The maximum absolute atomic E-state index is 12.4. The molecular formula is C18H26N4O2. The highest BCUT2D eigenvalue weighted by atomic mass is 16.3. The topological polar surface area (TPSA) is 87.1 Å². The molecule has 0 saturated heterocycles. The molecule has 4 aliphatic carbocycles. The summed E-state index contributed by atoms with van der Waals surface area (Å²) in [5.41, 5.74) is -0.449. The highest BCUT2D eigenvalue weighted by molar-refractivity contribution is 5.76. The molecule has 1 aromatic heterocycles. The largest absolute Gasteiger partial charge is 0.390 e. The molecular weight excluding hydrogens is 304 g/mol. The summed E-state index contributed by atoms with van der Waals surface area (Å²) in [6, 6.07) is 1.77. The number of nitrogens with zero attached hydrogens (tertiary/aromatic N) is 2. The lowest BCUT2D eigenvalue weighted by molar-refractivity contribution is -0.169. The molecule has 0 aromatic carbocycles. The van der Waals surface area contributed by atoms with Gasteiger partial charge >= 0.3 is 0 Å². The van der Waals surface area contributed by atoms with Crippen LogP contribution < -0.4 is 10.6 Å². The van der Waals surface area contributed by atoms with Gasteiger partial charge in [-0.15, -0.1) is 0 Å². The van der Waals surface area contributed by atoms with Gasteiger partial charge in [-0.05, 0) is 61.8 Å². The Morgan fingerprint density at radius 2 is 1.88 bits per heavy atom. The Labute approximate surface area is 142 Å². The van der Waals surface area contributed by atoms with Gasteiger partial charge in [0.25, 0.3) is 0 Å². The zero-order chi connectivity index (χ0) is 16.6. The first kappa shape index (κ1) is 15.8. The molecule has 6 heteroatoms. The quantitative estimate of drug-likeness (QED) is 0.692. The van der Waals surface area contributed by atoms with E-state index in [1.165, 1.54) is 6.42 Å². The second-order valence-electron chi connectivity index (χ2n) is 8.21. The van der Waals surface area contributed by atoms with Gasteiger partial charge in [-0.25, -0.2) is 9.97 Å². The molecule has 5 rings (SSSR count). The molecule has 1 heterocycles. The third-order valence-electron chi connectivity index (χ3n) is 5.98. The number of anilines is 1. The van der Waals surface area contributed by atoms with Crippen LogP contribution in [0.25, 0.3) is 0 Å². The number of carbonyl (C=O) groups is 1. The first-order valence-electron chi connectivity index (χ1n) is 9.04. The number of hydrogen-bond acceptors (Lipinski definition) is 5. The summed E-state index contributed by atoms with van der Waals surface area (Å²) in [5, 5.41) is 16.9. The lowest BCUT2D eigenvalue weighted by Gasteiger charge is -2.60. The molecule has 1 amide bonds. The average molecular weight is 330 g/mol. The van der Waals surface area contributed by atoms with Crippen LogP contribution in [-0.2, 0) is 4.79 Å². The van der Waals surface area contributed by atoms with Gasteiger partial charge in [0.05, 0.1) is 5.60 Å². The highest BCUT2D eigenvalue weighted by Gasteiger charge is 2.57. The molecule has 1 aromatic rings. The molecule has 130 valence electrons. The van der Waals surface area contributed by atoms with E-state index in [1.54, 1.807) is 18.5 Å². The normalized spacial score (nSPS) is 36.5. The second kappa shape index (κ2) is 5.99. The summed E-state index contributed by atoms with van der Waals surface area (Å²) < 4.78 is 0. The minimum Gasteiger partial charge on any atom is -0.390 e. The van der Waals surface area contributed by atoms with E-state index in [0.29, 0.717) is 37.3 Å². The van der Waals surface area contributed by atoms with Gasteiger partial charge in [0.2, 0.25) is 11.9 Å². The Bertz CT molecular complexity index is 592. The van der Waals surface area contributed by atoms with Crippen molar-refractivity contribution in [3.8, 4) is 0 Å². The van der Waals surface area contributed by atoms with Crippen LogP contribution >= 0.6 is 0 Å². The van der Waals surface area contributed by atoms with Crippen molar-refractivity contribution in [3.05, 3.63) is 18.5 Å². The molecule has 0 unspecified atom stereocenters. The van der Waals surface area contributed by atoms with E-state index in [1.807, 2.05) is 0 Å². The zero-order valence-electron chi connectivity index (χ0n) is 14.0. The van der Waals surface area contributed by atoms with Crippen molar-refractivity contribution in [2.45, 2.75) is 50.5 Å². The van der Waals surface area contributed by atoms with Crippen LogP contribution in [0.3, 0.4) is 0 Å². The van der Waals surface area contributed by atoms with E-state index >= 15 is 0 Å². The zero-order valence-corrected chi connectivity index (χ0v) is 14.0. The molecule has 4 bridgehead atoms. The Balaban J connectivity index is 1.26. The van der Waals surface area contributed by atoms with E-state index in [9.17, 15) is 9.90 Å². The van der Waals surface area contributed by atoms with Crippen molar-refractivity contribution in [1.29, 1.82) is 0 Å². The molecule has 24 heavy (non-hydrogen) atoms. The number of aromatic nitrogens is 2. The van der Waals surface area contributed by atoms with E-state index in [2.05, 4.69) is 20.6 Å². The van der Waals surface area contributed by atoms with Crippen molar-refractivity contribution in [1.82, 2.24) is 15.3 Å². The lowest BCUT2D eigenvalue weighted by atomic mass is 9.47. The second-order valence-corrected chi connectivity index (χ2v) is 8.21. The van der Waals surface area contributed by atoms with Gasteiger partial charge in [0, 0.05) is 31.9 Å².